The van der Waals surface area contributed by atoms with Crippen LogP contribution >= 0.6 is 11.3 Å². The van der Waals surface area contributed by atoms with E-state index in [1.165, 1.54) is 20.2 Å². The minimum atomic E-state index is 0.902. The average Bonchev–Trinajstić information content (AvgIpc) is 3.89. The Morgan fingerprint density at radius 2 is 0.885 bits per heavy atom. The molecular formula is C48H29NO2S. The van der Waals surface area contributed by atoms with E-state index in [1.807, 2.05) is 35.6 Å². The standard InChI is InChI=1S/C48H29NO2S/c1-4-16-43-36(11-1)40-28-32(21-25-45(40)50-43)30-19-23-34(24-20-30)49(42-15-8-14-39-38-13-3-6-18-47(38)52-48(39)42)35-10-7-9-31(27-35)33-22-26-46-41(29-33)37-12-2-5-17-44(37)51-46/h1-29H. The molecule has 0 amide bonds. The Bertz CT molecular complexity index is 3150. The average molecular weight is 684 g/mol. The molecule has 0 unspecified atom stereocenters. The van der Waals surface area contributed by atoms with E-state index in [2.05, 4.69) is 157 Å². The molecule has 4 heteroatoms. The second kappa shape index (κ2) is 11.5. The molecule has 0 radical (unpaired) electrons. The first-order valence-electron chi connectivity index (χ1n) is 17.5. The molecule has 0 N–H and O–H groups in total. The van der Waals surface area contributed by atoms with Gasteiger partial charge in [0.1, 0.15) is 22.3 Å². The van der Waals surface area contributed by atoms with Crippen LogP contribution < -0.4 is 4.90 Å². The van der Waals surface area contributed by atoms with E-state index in [-0.39, 0.29) is 0 Å². The molecule has 0 aliphatic heterocycles. The van der Waals surface area contributed by atoms with Crippen LogP contribution in [0, 0.1) is 0 Å². The van der Waals surface area contributed by atoms with Crippen molar-refractivity contribution in [1.29, 1.82) is 0 Å². The van der Waals surface area contributed by atoms with Crippen molar-refractivity contribution in [3.05, 3.63) is 176 Å². The van der Waals surface area contributed by atoms with Crippen LogP contribution in [0.5, 0.6) is 0 Å². The molecular weight excluding hydrogens is 655 g/mol. The SMILES string of the molecule is c1cc(-c2ccc3oc4ccccc4c3c2)cc(N(c2ccc(-c3ccc4oc5ccccc5c4c3)cc2)c2cccc3c2sc2ccccc23)c1. The van der Waals surface area contributed by atoms with E-state index >= 15 is 0 Å². The molecule has 8 aromatic carbocycles. The highest BCUT2D eigenvalue weighted by molar-refractivity contribution is 7.26. The van der Waals surface area contributed by atoms with Gasteiger partial charge in [-0.1, -0.05) is 103 Å². The van der Waals surface area contributed by atoms with Crippen LogP contribution in [0.2, 0.25) is 0 Å². The van der Waals surface area contributed by atoms with E-state index in [4.69, 9.17) is 8.83 Å². The van der Waals surface area contributed by atoms with Crippen LogP contribution in [0.4, 0.5) is 17.1 Å². The van der Waals surface area contributed by atoms with Crippen LogP contribution in [0.1, 0.15) is 0 Å². The zero-order valence-electron chi connectivity index (χ0n) is 27.9. The van der Waals surface area contributed by atoms with Crippen LogP contribution in [0.3, 0.4) is 0 Å². The van der Waals surface area contributed by atoms with Crippen molar-refractivity contribution in [3.63, 3.8) is 0 Å². The normalized spacial score (nSPS) is 11.8. The molecule has 244 valence electrons. The maximum Gasteiger partial charge on any atom is 0.135 e. The summed E-state index contributed by atoms with van der Waals surface area (Å²) in [6.07, 6.45) is 0. The molecule has 0 bridgehead atoms. The summed E-state index contributed by atoms with van der Waals surface area (Å²) in [6, 6.07) is 62.7. The van der Waals surface area contributed by atoms with Gasteiger partial charge in [0.2, 0.25) is 0 Å². The van der Waals surface area contributed by atoms with Gasteiger partial charge >= 0.3 is 0 Å². The summed E-state index contributed by atoms with van der Waals surface area (Å²) in [5.41, 5.74) is 11.6. The van der Waals surface area contributed by atoms with Gasteiger partial charge in [0.05, 0.1) is 10.4 Å². The number of hydrogen-bond donors (Lipinski definition) is 0. The summed E-state index contributed by atoms with van der Waals surface area (Å²) in [6.45, 7) is 0. The van der Waals surface area contributed by atoms with Crippen molar-refractivity contribution < 1.29 is 8.83 Å². The Morgan fingerprint density at radius 3 is 1.60 bits per heavy atom. The van der Waals surface area contributed by atoms with Crippen LogP contribution in [-0.2, 0) is 0 Å². The molecule has 0 spiro atoms. The number of hydrogen-bond acceptors (Lipinski definition) is 4. The van der Waals surface area contributed by atoms with Crippen molar-refractivity contribution in [1.82, 2.24) is 0 Å². The van der Waals surface area contributed by atoms with Gasteiger partial charge in [-0.05, 0) is 95.1 Å². The van der Waals surface area contributed by atoms with Crippen LogP contribution in [-0.4, -0.2) is 0 Å². The summed E-state index contributed by atoms with van der Waals surface area (Å²) in [5, 5.41) is 7.09. The molecule has 0 fully saturated rings. The third-order valence-electron chi connectivity index (χ3n) is 10.3. The molecule has 52 heavy (non-hydrogen) atoms. The van der Waals surface area contributed by atoms with Crippen molar-refractivity contribution in [2.24, 2.45) is 0 Å². The highest BCUT2D eigenvalue weighted by Crippen LogP contribution is 2.46. The molecule has 3 aromatic heterocycles. The Labute approximate surface area is 303 Å². The number of thiophene rings is 1. The molecule has 0 aliphatic carbocycles. The van der Waals surface area contributed by atoms with Gasteiger partial charge in [0.25, 0.3) is 0 Å². The largest absolute Gasteiger partial charge is 0.456 e. The molecule has 11 aromatic rings. The number of anilines is 3. The molecule has 11 rings (SSSR count). The highest BCUT2D eigenvalue weighted by atomic mass is 32.1. The fraction of sp³-hybridized carbons (Fsp3) is 0. The first kappa shape index (κ1) is 29.1. The quantitative estimate of drug-likeness (QED) is 0.181. The zero-order valence-corrected chi connectivity index (χ0v) is 28.7. The maximum atomic E-state index is 6.15. The topological polar surface area (TPSA) is 29.5 Å². The van der Waals surface area contributed by atoms with Gasteiger partial charge in [-0.3, -0.25) is 0 Å². The second-order valence-electron chi connectivity index (χ2n) is 13.3. The first-order chi connectivity index (χ1) is 25.7. The van der Waals surface area contributed by atoms with E-state index in [9.17, 15) is 0 Å². The predicted molar refractivity (Wildman–Crippen MR) is 219 cm³/mol. The number of benzene rings is 8. The minimum Gasteiger partial charge on any atom is -0.456 e. The molecule has 3 heterocycles. The number of fused-ring (bicyclic) bond motifs is 9. The lowest BCUT2D eigenvalue weighted by atomic mass is 10.0. The molecule has 0 atom stereocenters. The fourth-order valence-corrected chi connectivity index (χ4v) is 8.98. The summed E-state index contributed by atoms with van der Waals surface area (Å²) in [5.74, 6) is 0. The number of nitrogens with zero attached hydrogens (tertiary/aromatic N) is 1. The lowest BCUT2D eigenvalue weighted by Crippen LogP contribution is -2.10. The van der Waals surface area contributed by atoms with Crippen molar-refractivity contribution in [2.75, 3.05) is 4.90 Å². The smallest absolute Gasteiger partial charge is 0.135 e. The number of para-hydroxylation sites is 2. The molecule has 0 aliphatic rings. The lowest BCUT2D eigenvalue weighted by molar-refractivity contribution is 0.668. The summed E-state index contributed by atoms with van der Waals surface area (Å²) < 4.78 is 14.8. The molecule has 3 nitrogen and oxygen atoms in total. The van der Waals surface area contributed by atoms with Crippen molar-refractivity contribution in [2.45, 2.75) is 0 Å². The lowest BCUT2D eigenvalue weighted by Gasteiger charge is -2.27. The third-order valence-corrected chi connectivity index (χ3v) is 11.5. The fourth-order valence-electron chi connectivity index (χ4n) is 7.77. The van der Waals surface area contributed by atoms with Gasteiger partial charge in [0, 0.05) is 48.4 Å². The van der Waals surface area contributed by atoms with E-state index in [0.717, 1.165) is 83.2 Å². The Hall–Kier alpha value is -6.62. The number of rotatable bonds is 5. The summed E-state index contributed by atoms with van der Waals surface area (Å²) in [4.78, 5) is 2.41. The van der Waals surface area contributed by atoms with Crippen molar-refractivity contribution in [3.8, 4) is 22.3 Å². The van der Waals surface area contributed by atoms with Crippen molar-refractivity contribution >= 4 is 92.4 Å². The van der Waals surface area contributed by atoms with E-state index in [0.29, 0.717) is 0 Å². The van der Waals surface area contributed by atoms with Gasteiger partial charge in [-0.25, -0.2) is 0 Å². The highest BCUT2D eigenvalue weighted by Gasteiger charge is 2.19. The molecule has 0 saturated heterocycles. The minimum absolute atomic E-state index is 0.902. The predicted octanol–water partition coefficient (Wildman–Crippen LogP) is 14.7. The van der Waals surface area contributed by atoms with Gasteiger partial charge in [0.15, 0.2) is 0 Å². The van der Waals surface area contributed by atoms with Crippen LogP contribution in [0.15, 0.2) is 185 Å². The van der Waals surface area contributed by atoms with Gasteiger partial charge < -0.3 is 13.7 Å². The zero-order chi connectivity index (χ0) is 34.2. The Morgan fingerprint density at radius 1 is 0.346 bits per heavy atom. The van der Waals surface area contributed by atoms with Gasteiger partial charge in [-0.2, -0.15) is 0 Å². The first-order valence-corrected chi connectivity index (χ1v) is 18.3. The third kappa shape index (κ3) is 4.58. The van der Waals surface area contributed by atoms with Gasteiger partial charge in [-0.15, -0.1) is 11.3 Å². The number of furan rings is 2. The Kier molecular flexibility index (Phi) is 6.42. The monoisotopic (exact) mass is 683 g/mol. The second-order valence-corrected chi connectivity index (χ2v) is 14.4. The molecule has 0 saturated carbocycles. The summed E-state index contributed by atoms with van der Waals surface area (Å²) in [7, 11) is 0. The van der Waals surface area contributed by atoms with E-state index in [1.54, 1.807) is 0 Å². The summed E-state index contributed by atoms with van der Waals surface area (Å²) >= 11 is 1.85. The Balaban J connectivity index is 1.06. The maximum absolute atomic E-state index is 6.15. The van der Waals surface area contributed by atoms with E-state index < -0.39 is 0 Å². The van der Waals surface area contributed by atoms with Crippen LogP contribution in [0.25, 0.3) is 86.3 Å².